The van der Waals surface area contributed by atoms with E-state index in [1.165, 1.54) is 18.5 Å². The van der Waals surface area contributed by atoms with E-state index in [-0.39, 0.29) is 0 Å². The van der Waals surface area contributed by atoms with Crippen LogP contribution in [0, 0.1) is 0 Å². The summed E-state index contributed by atoms with van der Waals surface area (Å²) in [4.78, 5) is 5.23. The molecule has 0 unspecified atom stereocenters. The highest BCUT2D eigenvalue weighted by atomic mass is 32.1. The fraction of sp³-hybridized carbons (Fsp3) is 0.500. The molecule has 1 aromatic carbocycles. The molecule has 3 nitrogen and oxygen atoms in total. The van der Waals surface area contributed by atoms with Crippen LogP contribution in [-0.2, 0) is 0 Å². The van der Waals surface area contributed by atoms with Crippen molar-refractivity contribution in [2.75, 3.05) is 32.1 Å². The molecule has 98 valence electrons. The molecular formula is C14H21N3S. The summed E-state index contributed by atoms with van der Waals surface area (Å²) in [5.74, 6) is 0. The maximum absolute atomic E-state index is 5.61. The van der Waals surface area contributed by atoms with Gasteiger partial charge in [0.1, 0.15) is 4.99 Å². The Kier molecular flexibility index (Phi) is 4.19. The smallest absolute Gasteiger partial charge is 0.103 e. The average Bonchev–Trinajstić information content (AvgIpc) is 2.39. The highest BCUT2D eigenvalue weighted by molar-refractivity contribution is 7.80. The zero-order valence-electron chi connectivity index (χ0n) is 11.1. The third kappa shape index (κ3) is 3.00. The Balaban J connectivity index is 1.99. The summed E-state index contributed by atoms with van der Waals surface area (Å²) < 4.78 is 0. The fourth-order valence-electron chi connectivity index (χ4n) is 2.48. The van der Waals surface area contributed by atoms with Gasteiger partial charge in [-0.3, -0.25) is 0 Å². The van der Waals surface area contributed by atoms with Gasteiger partial charge in [0.25, 0.3) is 0 Å². The minimum atomic E-state index is 0.466. The summed E-state index contributed by atoms with van der Waals surface area (Å²) in [6.07, 6.45) is 2.45. The minimum absolute atomic E-state index is 0.466. The zero-order chi connectivity index (χ0) is 13.1. The Morgan fingerprint density at radius 1 is 1.22 bits per heavy atom. The molecule has 0 amide bonds. The number of thiocarbonyl (C=S) groups is 1. The van der Waals surface area contributed by atoms with Gasteiger partial charge < -0.3 is 15.5 Å². The highest BCUT2D eigenvalue weighted by Gasteiger charge is 2.20. The Bertz CT molecular complexity index is 406. The number of piperidine rings is 1. The third-order valence-electron chi connectivity index (χ3n) is 3.71. The van der Waals surface area contributed by atoms with Gasteiger partial charge >= 0.3 is 0 Å². The van der Waals surface area contributed by atoms with Crippen LogP contribution in [0.5, 0.6) is 0 Å². The summed E-state index contributed by atoms with van der Waals surface area (Å²) in [7, 11) is 4.33. The molecule has 1 aliphatic heterocycles. The molecule has 1 heterocycles. The average molecular weight is 263 g/mol. The summed E-state index contributed by atoms with van der Waals surface area (Å²) in [5.41, 5.74) is 7.82. The maximum atomic E-state index is 5.61. The van der Waals surface area contributed by atoms with Crippen LogP contribution >= 0.6 is 12.2 Å². The van der Waals surface area contributed by atoms with E-state index in [1.54, 1.807) is 0 Å². The van der Waals surface area contributed by atoms with Crippen LogP contribution in [0.4, 0.5) is 5.69 Å². The van der Waals surface area contributed by atoms with E-state index in [4.69, 9.17) is 18.0 Å². The summed E-state index contributed by atoms with van der Waals surface area (Å²) in [5, 5.41) is 0. The molecule has 0 aromatic heterocycles. The Labute approximate surface area is 115 Å². The van der Waals surface area contributed by atoms with Crippen LogP contribution < -0.4 is 10.6 Å². The van der Waals surface area contributed by atoms with Crippen molar-refractivity contribution in [3.8, 4) is 0 Å². The van der Waals surface area contributed by atoms with Gasteiger partial charge in [-0.1, -0.05) is 12.2 Å². The monoisotopic (exact) mass is 263 g/mol. The van der Waals surface area contributed by atoms with Crippen molar-refractivity contribution >= 4 is 22.9 Å². The van der Waals surface area contributed by atoms with E-state index in [0.717, 1.165) is 24.7 Å². The van der Waals surface area contributed by atoms with Gasteiger partial charge in [-0.2, -0.15) is 0 Å². The van der Waals surface area contributed by atoms with Crippen molar-refractivity contribution in [3.05, 3.63) is 29.8 Å². The predicted octanol–water partition coefficient (Wildman–Crippen LogP) is 1.85. The molecule has 0 saturated carbocycles. The molecule has 1 saturated heterocycles. The lowest BCUT2D eigenvalue weighted by atomic mass is 10.0. The van der Waals surface area contributed by atoms with Crippen molar-refractivity contribution in [3.63, 3.8) is 0 Å². The first-order valence-electron chi connectivity index (χ1n) is 6.39. The molecule has 0 aliphatic carbocycles. The number of hydrogen-bond acceptors (Lipinski definition) is 3. The lowest BCUT2D eigenvalue weighted by Crippen LogP contribution is -2.41. The molecule has 1 fully saturated rings. The number of benzene rings is 1. The molecule has 2 N–H and O–H groups in total. The number of rotatable bonds is 3. The van der Waals surface area contributed by atoms with Gasteiger partial charge in [-0.25, -0.2) is 0 Å². The zero-order valence-corrected chi connectivity index (χ0v) is 11.9. The topological polar surface area (TPSA) is 32.5 Å². The number of nitrogens with two attached hydrogens (primary N) is 1. The molecule has 0 bridgehead atoms. The van der Waals surface area contributed by atoms with Crippen molar-refractivity contribution in [2.45, 2.75) is 18.9 Å². The van der Waals surface area contributed by atoms with Crippen molar-refractivity contribution in [1.82, 2.24) is 4.90 Å². The first-order valence-corrected chi connectivity index (χ1v) is 6.80. The van der Waals surface area contributed by atoms with Gasteiger partial charge in [0.05, 0.1) is 0 Å². The Morgan fingerprint density at radius 2 is 1.78 bits per heavy atom. The molecule has 0 atom stereocenters. The number of hydrogen-bond donors (Lipinski definition) is 1. The third-order valence-corrected chi connectivity index (χ3v) is 3.95. The van der Waals surface area contributed by atoms with Crippen molar-refractivity contribution < 1.29 is 0 Å². The second-order valence-electron chi connectivity index (χ2n) is 5.09. The molecule has 0 spiro atoms. The molecule has 0 radical (unpaired) electrons. The second kappa shape index (κ2) is 5.67. The predicted molar refractivity (Wildman–Crippen MR) is 81.3 cm³/mol. The van der Waals surface area contributed by atoms with Gasteiger partial charge in [0, 0.05) is 30.4 Å². The van der Waals surface area contributed by atoms with E-state index in [0.29, 0.717) is 4.99 Å². The van der Waals surface area contributed by atoms with Crippen LogP contribution in [0.15, 0.2) is 24.3 Å². The van der Waals surface area contributed by atoms with Crippen LogP contribution in [0.3, 0.4) is 0 Å². The van der Waals surface area contributed by atoms with Gasteiger partial charge in [0.2, 0.25) is 0 Å². The molecular weight excluding hydrogens is 242 g/mol. The van der Waals surface area contributed by atoms with Crippen molar-refractivity contribution in [2.24, 2.45) is 5.73 Å². The molecule has 4 heteroatoms. The van der Waals surface area contributed by atoms with Crippen LogP contribution in [0.2, 0.25) is 0 Å². The van der Waals surface area contributed by atoms with Gasteiger partial charge in [-0.15, -0.1) is 0 Å². The quantitative estimate of drug-likeness (QED) is 0.844. The molecule has 2 rings (SSSR count). The largest absolute Gasteiger partial charge is 0.389 e. The van der Waals surface area contributed by atoms with E-state index >= 15 is 0 Å². The molecule has 1 aromatic rings. The summed E-state index contributed by atoms with van der Waals surface area (Å²) >= 11 is 4.96. The minimum Gasteiger partial charge on any atom is -0.389 e. The highest BCUT2D eigenvalue weighted by Crippen LogP contribution is 2.22. The normalized spacial score (nSPS) is 17.2. The van der Waals surface area contributed by atoms with Crippen LogP contribution in [0.1, 0.15) is 18.4 Å². The van der Waals surface area contributed by atoms with E-state index < -0.39 is 0 Å². The first-order chi connectivity index (χ1) is 8.58. The number of nitrogens with zero attached hydrogens (tertiary/aromatic N) is 2. The lowest BCUT2D eigenvalue weighted by molar-refractivity contribution is 0.249. The summed E-state index contributed by atoms with van der Waals surface area (Å²) in [6, 6.07) is 8.97. The fourth-order valence-corrected chi connectivity index (χ4v) is 2.61. The maximum Gasteiger partial charge on any atom is 0.103 e. The van der Waals surface area contributed by atoms with E-state index in [2.05, 4.69) is 36.0 Å². The Hall–Kier alpha value is -1.13. The van der Waals surface area contributed by atoms with Gasteiger partial charge in [0.15, 0.2) is 0 Å². The molecule has 18 heavy (non-hydrogen) atoms. The van der Waals surface area contributed by atoms with Gasteiger partial charge in [-0.05, 0) is 51.2 Å². The van der Waals surface area contributed by atoms with Crippen LogP contribution in [0.25, 0.3) is 0 Å². The lowest BCUT2D eigenvalue weighted by Gasteiger charge is -2.36. The second-order valence-corrected chi connectivity index (χ2v) is 5.53. The SMILES string of the molecule is CN(C)C1CCN(c2ccc(C(N)=S)cc2)CC1. The summed E-state index contributed by atoms with van der Waals surface area (Å²) in [6.45, 7) is 2.24. The first kappa shape index (κ1) is 13.3. The van der Waals surface area contributed by atoms with Crippen LogP contribution in [-0.4, -0.2) is 43.1 Å². The van der Waals surface area contributed by atoms with E-state index in [1.807, 2.05) is 12.1 Å². The number of anilines is 1. The standard InChI is InChI=1S/C14H21N3S/c1-16(2)12-7-9-17(10-8-12)13-5-3-11(4-6-13)14(15)18/h3-6,12H,7-10H2,1-2H3,(H2,15,18). The Morgan fingerprint density at radius 3 is 2.22 bits per heavy atom. The van der Waals surface area contributed by atoms with Crippen molar-refractivity contribution in [1.29, 1.82) is 0 Å². The molecule has 1 aliphatic rings. The van der Waals surface area contributed by atoms with E-state index in [9.17, 15) is 0 Å².